The van der Waals surface area contributed by atoms with Crippen molar-refractivity contribution in [1.82, 2.24) is 0 Å². The van der Waals surface area contributed by atoms with Crippen LogP contribution < -0.4 is 10.6 Å². The Labute approximate surface area is 125 Å². The van der Waals surface area contributed by atoms with Crippen molar-refractivity contribution in [1.29, 1.82) is 0 Å². The number of anilines is 1. The van der Waals surface area contributed by atoms with E-state index in [2.05, 4.69) is 49.1 Å². The second-order valence-electron chi connectivity index (χ2n) is 5.65. The first kappa shape index (κ1) is 13.7. The first-order valence-electron chi connectivity index (χ1n) is 7.29. The fraction of sp³-hybridized carbons (Fsp3) is 0.412. The van der Waals surface area contributed by atoms with Crippen LogP contribution in [0.1, 0.15) is 33.2 Å². The predicted octanol–water partition coefficient (Wildman–Crippen LogP) is 3.82. The lowest BCUT2D eigenvalue weighted by molar-refractivity contribution is 0.644. The summed E-state index contributed by atoms with van der Waals surface area (Å²) in [4.78, 5) is 5.37. The largest absolute Gasteiger partial charge is 0.366 e. The van der Waals surface area contributed by atoms with Gasteiger partial charge in [-0.05, 0) is 50.1 Å². The molecule has 1 aliphatic rings. The number of nitrogens with zero attached hydrogens (tertiary/aromatic N) is 1. The highest BCUT2D eigenvalue weighted by molar-refractivity contribution is 7.12. The lowest BCUT2D eigenvalue weighted by Crippen LogP contribution is -2.22. The van der Waals surface area contributed by atoms with E-state index in [4.69, 9.17) is 5.73 Å². The summed E-state index contributed by atoms with van der Waals surface area (Å²) in [6, 6.07) is 11.1. The van der Waals surface area contributed by atoms with Gasteiger partial charge in [-0.3, -0.25) is 0 Å². The van der Waals surface area contributed by atoms with Gasteiger partial charge in [0.05, 0.1) is 0 Å². The van der Waals surface area contributed by atoms with Crippen LogP contribution in [0.5, 0.6) is 0 Å². The normalized spacial score (nSPS) is 17.6. The van der Waals surface area contributed by atoms with Gasteiger partial charge in [0.2, 0.25) is 0 Å². The molecule has 3 heteroatoms. The van der Waals surface area contributed by atoms with Gasteiger partial charge >= 0.3 is 0 Å². The van der Waals surface area contributed by atoms with E-state index in [0.717, 1.165) is 26.1 Å². The van der Waals surface area contributed by atoms with Gasteiger partial charge in [-0.2, -0.15) is 0 Å². The highest BCUT2D eigenvalue weighted by Crippen LogP contribution is 2.39. The molecule has 1 aromatic heterocycles. The van der Waals surface area contributed by atoms with Crippen LogP contribution in [-0.2, 0) is 6.54 Å². The summed E-state index contributed by atoms with van der Waals surface area (Å²) >= 11 is 1.90. The molecule has 1 aromatic carbocycles. The van der Waals surface area contributed by atoms with Crippen molar-refractivity contribution in [3.05, 3.63) is 51.2 Å². The van der Waals surface area contributed by atoms with Gasteiger partial charge in [-0.15, -0.1) is 11.3 Å². The molecule has 20 heavy (non-hydrogen) atoms. The van der Waals surface area contributed by atoms with Gasteiger partial charge in [0.1, 0.15) is 0 Å². The van der Waals surface area contributed by atoms with Crippen molar-refractivity contribution in [2.75, 3.05) is 18.0 Å². The second kappa shape index (κ2) is 5.58. The molecular weight excluding hydrogens is 264 g/mol. The van der Waals surface area contributed by atoms with Crippen LogP contribution >= 0.6 is 11.3 Å². The van der Waals surface area contributed by atoms with Crippen LogP contribution in [0.25, 0.3) is 0 Å². The maximum Gasteiger partial charge on any atom is 0.0440 e. The minimum atomic E-state index is 0.594. The zero-order valence-corrected chi connectivity index (χ0v) is 13.0. The molecule has 3 rings (SSSR count). The Hall–Kier alpha value is -1.32. The molecule has 2 nitrogen and oxygen atoms in total. The van der Waals surface area contributed by atoms with E-state index < -0.39 is 0 Å². The summed E-state index contributed by atoms with van der Waals surface area (Å²) in [5, 5.41) is 0. The molecule has 0 aliphatic carbocycles. The Morgan fingerprint density at radius 2 is 2.10 bits per heavy atom. The van der Waals surface area contributed by atoms with Crippen molar-refractivity contribution in [3.63, 3.8) is 0 Å². The molecule has 0 spiro atoms. The molecule has 0 amide bonds. The van der Waals surface area contributed by atoms with E-state index in [9.17, 15) is 0 Å². The van der Waals surface area contributed by atoms with Crippen molar-refractivity contribution in [2.24, 2.45) is 5.73 Å². The van der Waals surface area contributed by atoms with Crippen LogP contribution in [0, 0.1) is 13.8 Å². The standard InChI is InChI=1S/C17H22N2S/c1-12-9-15(13(2)20-12)11-19-10-14(7-8-18)16-5-3-4-6-17(16)19/h3-6,9,14H,7-8,10-11,18H2,1-2H3. The van der Waals surface area contributed by atoms with Crippen molar-refractivity contribution >= 4 is 17.0 Å². The summed E-state index contributed by atoms with van der Waals surface area (Å²) in [5.41, 5.74) is 10.1. The number of para-hydroxylation sites is 1. The number of hydrogen-bond acceptors (Lipinski definition) is 3. The van der Waals surface area contributed by atoms with Gasteiger partial charge < -0.3 is 10.6 Å². The third-order valence-corrected chi connectivity index (χ3v) is 5.19. The van der Waals surface area contributed by atoms with E-state index in [0.29, 0.717) is 5.92 Å². The van der Waals surface area contributed by atoms with Crippen molar-refractivity contribution in [2.45, 2.75) is 32.7 Å². The Morgan fingerprint density at radius 3 is 2.80 bits per heavy atom. The van der Waals surface area contributed by atoms with Crippen LogP contribution in [0.4, 0.5) is 5.69 Å². The van der Waals surface area contributed by atoms with Crippen LogP contribution in [0.2, 0.25) is 0 Å². The molecule has 2 N–H and O–H groups in total. The molecule has 2 aromatic rings. The molecule has 1 aliphatic heterocycles. The van der Waals surface area contributed by atoms with Gasteiger partial charge in [-0.1, -0.05) is 18.2 Å². The van der Waals surface area contributed by atoms with E-state index >= 15 is 0 Å². The molecule has 0 saturated carbocycles. The van der Waals surface area contributed by atoms with Crippen molar-refractivity contribution < 1.29 is 0 Å². The van der Waals surface area contributed by atoms with Gasteiger partial charge in [0.25, 0.3) is 0 Å². The number of thiophene rings is 1. The fourth-order valence-electron chi connectivity index (χ4n) is 3.23. The van der Waals surface area contributed by atoms with Crippen LogP contribution in [-0.4, -0.2) is 13.1 Å². The first-order valence-corrected chi connectivity index (χ1v) is 8.10. The Morgan fingerprint density at radius 1 is 1.30 bits per heavy atom. The topological polar surface area (TPSA) is 29.3 Å². The Balaban J connectivity index is 1.86. The maximum absolute atomic E-state index is 5.77. The summed E-state index contributed by atoms with van der Waals surface area (Å²) in [6.07, 6.45) is 1.08. The van der Waals surface area contributed by atoms with Gasteiger partial charge in [0, 0.05) is 34.4 Å². The molecule has 0 bridgehead atoms. The highest BCUT2D eigenvalue weighted by Gasteiger charge is 2.27. The molecule has 106 valence electrons. The van der Waals surface area contributed by atoms with Crippen molar-refractivity contribution in [3.8, 4) is 0 Å². The number of hydrogen-bond donors (Lipinski definition) is 1. The minimum absolute atomic E-state index is 0.594. The molecule has 0 saturated heterocycles. The first-order chi connectivity index (χ1) is 9.69. The minimum Gasteiger partial charge on any atom is -0.366 e. The third kappa shape index (κ3) is 2.48. The van der Waals surface area contributed by atoms with Crippen LogP contribution in [0.15, 0.2) is 30.3 Å². The summed E-state index contributed by atoms with van der Waals surface area (Å²) in [6.45, 7) is 7.31. The monoisotopic (exact) mass is 286 g/mol. The SMILES string of the molecule is Cc1cc(CN2CC(CCN)c3ccccc32)c(C)s1. The number of nitrogens with two attached hydrogens (primary N) is 1. The molecule has 0 fully saturated rings. The lowest BCUT2D eigenvalue weighted by atomic mass is 9.98. The third-order valence-electron chi connectivity index (χ3n) is 4.18. The Bertz CT molecular complexity index is 603. The molecule has 0 radical (unpaired) electrons. The molecule has 1 unspecified atom stereocenters. The lowest BCUT2D eigenvalue weighted by Gasteiger charge is -2.20. The quantitative estimate of drug-likeness (QED) is 0.926. The van der Waals surface area contributed by atoms with Gasteiger partial charge in [0.15, 0.2) is 0 Å². The number of fused-ring (bicyclic) bond motifs is 1. The average Bonchev–Trinajstić information content (AvgIpc) is 2.93. The Kier molecular flexibility index (Phi) is 3.81. The molecule has 2 heterocycles. The zero-order chi connectivity index (χ0) is 14.1. The van der Waals surface area contributed by atoms with Crippen LogP contribution in [0.3, 0.4) is 0 Å². The number of rotatable bonds is 4. The van der Waals surface area contributed by atoms with E-state index in [1.54, 1.807) is 0 Å². The molecule has 1 atom stereocenters. The smallest absolute Gasteiger partial charge is 0.0440 e. The maximum atomic E-state index is 5.77. The summed E-state index contributed by atoms with van der Waals surface area (Å²) < 4.78 is 0. The van der Waals surface area contributed by atoms with E-state index in [1.165, 1.54) is 26.6 Å². The van der Waals surface area contributed by atoms with E-state index in [-0.39, 0.29) is 0 Å². The van der Waals surface area contributed by atoms with Gasteiger partial charge in [-0.25, -0.2) is 0 Å². The predicted molar refractivity (Wildman–Crippen MR) is 87.7 cm³/mol. The summed E-state index contributed by atoms with van der Waals surface area (Å²) in [7, 11) is 0. The second-order valence-corrected chi connectivity index (χ2v) is 7.11. The fourth-order valence-corrected chi connectivity index (χ4v) is 4.17. The summed E-state index contributed by atoms with van der Waals surface area (Å²) in [5.74, 6) is 0.594. The average molecular weight is 286 g/mol. The zero-order valence-electron chi connectivity index (χ0n) is 12.2. The van der Waals surface area contributed by atoms with E-state index in [1.807, 2.05) is 11.3 Å². The highest BCUT2D eigenvalue weighted by atomic mass is 32.1. The number of aryl methyl sites for hydroxylation is 2. The molecular formula is C17H22N2S. The number of benzene rings is 1.